The first-order chi connectivity index (χ1) is 15.4. The summed E-state index contributed by atoms with van der Waals surface area (Å²) in [5.41, 5.74) is 8.45. The van der Waals surface area contributed by atoms with Crippen molar-refractivity contribution in [2.45, 2.75) is 72.4 Å². The zero-order valence-corrected chi connectivity index (χ0v) is 19.4. The number of carbonyl (C=O) groups excluding carboxylic acids is 1. The molecule has 174 valence electrons. The Kier molecular flexibility index (Phi) is 7.77. The largest absolute Gasteiger partial charge is 0.383 e. The second-order valence-corrected chi connectivity index (χ2v) is 8.31. The summed E-state index contributed by atoms with van der Waals surface area (Å²) in [5.74, 6) is -0.192. The standard InChI is InChI=1S/C24H35N5O3/c1-4-13-28-22(25)21(27-14-8-7-9-15-27)23(31)29(24(28)32)16-19(30)26-20-17(5-2)11-10-12-18(20)6-3/h10-12H,4-9,13-16,25H2,1-3H3,(H,26,30). The lowest BCUT2D eigenvalue weighted by molar-refractivity contribution is -0.116. The Morgan fingerprint density at radius 3 is 2.19 bits per heavy atom. The van der Waals surface area contributed by atoms with Crippen molar-refractivity contribution in [1.82, 2.24) is 9.13 Å². The van der Waals surface area contributed by atoms with Gasteiger partial charge in [0.15, 0.2) is 0 Å². The fraction of sp³-hybridized carbons (Fsp3) is 0.542. The second kappa shape index (κ2) is 10.5. The number of nitrogen functional groups attached to an aromatic ring is 1. The Morgan fingerprint density at radius 1 is 1.00 bits per heavy atom. The molecule has 8 heteroatoms. The molecule has 1 fully saturated rings. The quantitative estimate of drug-likeness (QED) is 0.656. The van der Waals surface area contributed by atoms with E-state index in [0.29, 0.717) is 18.7 Å². The summed E-state index contributed by atoms with van der Waals surface area (Å²) >= 11 is 0. The van der Waals surface area contributed by atoms with Crippen molar-refractivity contribution in [3.05, 3.63) is 50.2 Å². The van der Waals surface area contributed by atoms with Gasteiger partial charge >= 0.3 is 5.69 Å². The summed E-state index contributed by atoms with van der Waals surface area (Å²) < 4.78 is 2.46. The Bertz CT molecular complexity index is 1060. The van der Waals surface area contributed by atoms with E-state index < -0.39 is 17.2 Å². The third-order valence-corrected chi connectivity index (χ3v) is 6.13. The Morgan fingerprint density at radius 2 is 1.62 bits per heavy atom. The molecular formula is C24H35N5O3. The lowest BCUT2D eigenvalue weighted by atomic mass is 10.0. The number of aryl methyl sites for hydroxylation is 2. The van der Waals surface area contributed by atoms with Gasteiger partial charge in [0.2, 0.25) is 5.91 Å². The van der Waals surface area contributed by atoms with E-state index in [9.17, 15) is 14.4 Å². The van der Waals surface area contributed by atoms with Crippen LogP contribution in [0.5, 0.6) is 0 Å². The molecule has 1 aliphatic heterocycles. The molecule has 1 saturated heterocycles. The summed E-state index contributed by atoms with van der Waals surface area (Å²) in [6, 6.07) is 5.94. The molecule has 3 rings (SSSR count). The van der Waals surface area contributed by atoms with Gasteiger partial charge in [-0.25, -0.2) is 9.36 Å². The molecule has 2 aromatic rings. The normalized spacial score (nSPS) is 13.9. The number of anilines is 3. The summed E-state index contributed by atoms with van der Waals surface area (Å²) in [6.45, 7) is 7.50. The number of piperidine rings is 1. The first-order valence-corrected chi connectivity index (χ1v) is 11.7. The predicted molar refractivity (Wildman–Crippen MR) is 130 cm³/mol. The average molecular weight is 442 g/mol. The van der Waals surface area contributed by atoms with Crippen molar-refractivity contribution in [2.75, 3.05) is 29.0 Å². The summed E-state index contributed by atoms with van der Waals surface area (Å²) in [5, 5.41) is 2.96. The number of amides is 1. The van der Waals surface area contributed by atoms with Gasteiger partial charge in [-0.3, -0.25) is 14.2 Å². The Hall–Kier alpha value is -3.03. The van der Waals surface area contributed by atoms with Gasteiger partial charge in [0, 0.05) is 25.3 Å². The minimum atomic E-state index is -0.537. The maximum Gasteiger partial charge on any atom is 0.333 e. The topological polar surface area (TPSA) is 102 Å². The predicted octanol–water partition coefficient (Wildman–Crippen LogP) is 2.76. The van der Waals surface area contributed by atoms with Crippen LogP contribution in [-0.4, -0.2) is 28.1 Å². The molecule has 8 nitrogen and oxygen atoms in total. The van der Waals surface area contributed by atoms with E-state index in [1.54, 1.807) is 0 Å². The van der Waals surface area contributed by atoms with Crippen molar-refractivity contribution < 1.29 is 4.79 Å². The van der Waals surface area contributed by atoms with Crippen LogP contribution in [-0.2, 0) is 30.7 Å². The zero-order chi connectivity index (χ0) is 23.3. The number of hydrogen-bond donors (Lipinski definition) is 2. The van der Waals surface area contributed by atoms with Crippen LogP contribution in [0.3, 0.4) is 0 Å². The molecule has 0 saturated carbocycles. The van der Waals surface area contributed by atoms with Crippen LogP contribution in [0, 0.1) is 0 Å². The molecule has 3 N–H and O–H groups in total. The van der Waals surface area contributed by atoms with Crippen molar-refractivity contribution >= 4 is 23.1 Å². The Balaban J connectivity index is 2.01. The van der Waals surface area contributed by atoms with Crippen LogP contribution in [0.2, 0.25) is 0 Å². The number of benzene rings is 1. The molecule has 0 aliphatic carbocycles. The van der Waals surface area contributed by atoms with Gasteiger partial charge in [-0.05, 0) is 49.7 Å². The van der Waals surface area contributed by atoms with Crippen molar-refractivity contribution in [2.24, 2.45) is 0 Å². The fourth-order valence-electron chi connectivity index (χ4n) is 4.42. The van der Waals surface area contributed by atoms with Gasteiger partial charge in [-0.15, -0.1) is 0 Å². The maximum atomic E-state index is 13.3. The Labute approximate surface area is 189 Å². The number of rotatable bonds is 8. The number of para-hydroxylation sites is 1. The van der Waals surface area contributed by atoms with E-state index in [4.69, 9.17) is 5.73 Å². The molecule has 0 atom stereocenters. The van der Waals surface area contributed by atoms with E-state index in [-0.39, 0.29) is 12.4 Å². The first-order valence-electron chi connectivity index (χ1n) is 11.7. The van der Waals surface area contributed by atoms with Crippen molar-refractivity contribution in [3.8, 4) is 0 Å². The van der Waals surface area contributed by atoms with E-state index in [2.05, 4.69) is 5.32 Å². The van der Waals surface area contributed by atoms with Gasteiger partial charge in [0.05, 0.1) is 0 Å². The summed E-state index contributed by atoms with van der Waals surface area (Å²) in [7, 11) is 0. The lowest BCUT2D eigenvalue weighted by Gasteiger charge is -2.30. The number of nitrogens with one attached hydrogen (secondary N) is 1. The van der Waals surface area contributed by atoms with E-state index in [0.717, 1.165) is 66.6 Å². The van der Waals surface area contributed by atoms with Gasteiger partial charge in [0.25, 0.3) is 5.56 Å². The number of carbonyl (C=O) groups is 1. The molecule has 1 aromatic carbocycles. The van der Waals surface area contributed by atoms with Gasteiger partial charge in [0.1, 0.15) is 18.1 Å². The maximum absolute atomic E-state index is 13.3. The fourth-order valence-corrected chi connectivity index (χ4v) is 4.42. The van der Waals surface area contributed by atoms with Crippen LogP contribution in [0.25, 0.3) is 0 Å². The number of hydrogen-bond acceptors (Lipinski definition) is 5. The highest BCUT2D eigenvalue weighted by Crippen LogP contribution is 2.23. The molecule has 1 aliphatic rings. The minimum absolute atomic E-state index is 0.199. The molecule has 0 unspecified atom stereocenters. The molecule has 0 radical (unpaired) electrons. The van der Waals surface area contributed by atoms with Crippen molar-refractivity contribution in [3.63, 3.8) is 0 Å². The number of aromatic nitrogens is 2. The van der Waals surface area contributed by atoms with Crippen molar-refractivity contribution in [1.29, 1.82) is 0 Å². The smallest absolute Gasteiger partial charge is 0.333 e. The van der Waals surface area contributed by atoms with Crippen LogP contribution in [0.1, 0.15) is 57.6 Å². The third kappa shape index (κ3) is 4.74. The van der Waals surface area contributed by atoms with Crippen LogP contribution in [0.4, 0.5) is 17.2 Å². The van der Waals surface area contributed by atoms with Gasteiger partial charge in [-0.2, -0.15) is 0 Å². The van der Waals surface area contributed by atoms with Gasteiger partial charge in [-0.1, -0.05) is 39.0 Å². The summed E-state index contributed by atoms with van der Waals surface area (Å²) in [4.78, 5) is 41.4. The zero-order valence-electron chi connectivity index (χ0n) is 19.4. The third-order valence-electron chi connectivity index (χ3n) is 6.13. The number of nitrogens with two attached hydrogens (primary N) is 1. The molecule has 0 spiro atoms. The molecule has 2 heterocycles. The van der Waals surface area contributed by atoms with Crippen LogP contribution in [0.15, 0.2) is 27.8 Å². The summed E-state index contributed by atoms with van der Waals surface area (Å²) in [6.07, 6.45) is 5.29. The second-order valence-electron chi connectivity index (χ2n) is 8.31. The minimum Gasteiger partial charge on any atom is -0.383 e. The molecule has 1 amide bonds. The highest BCUT2D eigenvalue weighted by molar-refractivity contribution is 5.92. The monoisotopic (exact) mass is 441 g/mol. The lowest BCUT2D eigenvalue weighted by Crippen LogP contribution is -2.47. The highest BCUT2D eigenvalue weighted by atomic mass is 16.2. The molecule has 1 aromatic heterocycles. The van der Waals surface area contributed by atoms with E-state index >= 15 is 0 Å². The number of nitrogens with zero attached hydrogens (tertiary/aromatic N) is 3. The first kappa shape index (κ1) is 23.6. The molecule has 32 heavy (non-hydrogen) atoms. The van der Waals surface area contributed by atoms with E-state index in [1.807, 2.05) is 43.9 Å². The molecular weight excluding hydrogens is 406 g/mol. The van der Waals surface area contributed by atoms with Crippen LogP contribution >= 0.6 is 0 Å². The van der Waals surface area contributed by atoms with Crippen LogP contribution < -0.4 is 27.2 Å². The highest BCUT2D eigenvalue weighted by Gasteiger charge is 2.24. The van der Waals surface area contributed by atoms with Gasteiger partial charge < -0.3 is 16.0 Å². The SMILES string of the molecule is CCCn1c(N)c(N2CCCCC2)c(=O)n(CC(=O)Nc2c(CC)cccc2CC)c1=O. The molecule has 0 bridgehead atoms. The average Bonchev–Trinajstić information content (AvgIpc) is 2.80. The van der Waals surface area contributed by atoms with E-state index in [1.165, 1.54) is 4.57 Å².